The molecule has 220 valence electrons. The second-order valence-corrected chi connectivity index (χ2v) is 12.9. The molecule has 9 rings (SSSR count). The molecule has 0 N–H and O–H groups in total. The van der Waals surface area contributed by atoms with E-state index in [0.717, 1.165) is 46.1 Å². The minimum atomic E-state index is -0.0989. The summed E-state index contributed by atoms with van der Waals surface area (Å²) in [6.07, 6.45) is 3.40. The van der Waals surface area contributed by atoms with Crippen LogP contribution in [0.2, 0.25) is 0 Å². The van der Waals surface area contributed by atoms with Gasteiger partial charge in [0.15, 0.2) is 5.82 Å². The van der Waals surface area contributed by atoms with Crippen LogP contribution in [-0.4, -0.2) is 16.1 Å². The summed E-state index contributed by atoms with van der Waals surface area (Å²) in [6.45, 7) is 4.73. The molecule has 0 amide bonds. The molecule has 6 aromatic rings. The molecule has 5 aromatic carbocycles. The molecule has 2 aliphatic carbocycles. The van der Waals surface area contributed by atoms with Gasteiger partial charge in [0.25, 0.3) is 0 Å². The Bertz CT molecular complexity index is 2150. The molecule has 0 spiro atoms. The summed E-state index contributed by atoms with van der Waals surface area (Å²) < 4.78 is 6.41. The zero-order chi connectivity index (χ0) is 30.8. The lowest BCUT2D eigenvalue weighted by Gasteiger charge is -2.28. The van der Waals surface area contributed by atoms with Crippen LogP contribution in [0.1, 0.15) is 37.0 Å². The number of ether oxygens (including phenoxy) is 1. The molecule has 0 saturated heterocycles. The van der Waals surface area contributed by atoms with Gasteiger partial charge in [-0.2, -0.15) is 0 Å². The maximum atomic E-state index is 6.41. The quantitative estimate of drug-likeness (QED) is 0.204. The molecule has 3 heteroatoms. The molecule has 1 atom stereocenters. The molecule has 0 radical (unpaired) electrons. The molecule has 2 heterocycles. The SMILES string of the molecule is CC1(C)C2=C3c4ccccc4OC3CC=C2c2cc(-c3ccc(-c4cc(-c5ccccc5)nc(-c5ccccc5)n4)cc3)ccc21. The molecular formula is C43H32N2O. The zero-order valence-corrected chi connectivity index (χ0v) is 25.9. The van der Waals surface area contributed by atoms with Crippen LogP contribution < -0.4 is 4.74 Å². The van der Waals surface area contributed by atoms with Crippen molar-refractivity contribution >= 4 is 11.1 Å². The topological polar surface area (TPSA) is 35.0 Å². The van der Waals surface area contributed by atoms with E-state index >= 15 is 0 Å². The highest BCUT2D eigenvalue weighted by atomic mass is 16.5. The Hall–Kier alpha value is -5.54. The lowest BCUT2D eigenvalue weighted by Crippen LogP contribution is -2.23. The number of allylic oxidation sites excluding steroid dienone is 2. The summed E-state index contributed by atoms with van der Waals surface area (Å²) in [5.41, 5.74) is 15.4. The third-order valence-electron chi connectivity index (χ3n) is 9.79. The summed E-state index contributed by atoms with van der Waals surface area (Å²) in [6, 6.07) is 46.9. The number of benzene rings is 5. The Balaban J connectivity index is 1.09. The highest BCUT2D eigenvalue weighted by Crippen LogP contribution is 2.58. The van der Waals surface area contributed by atoms with Crippen LogP contribution in [-0.2, 0) is 5.41 Å². The molecular weight excluding hydrogens is 560 g/mol. The summed E-state index contributed by atoms with van der Waals surface area (Å²) in [4.78, 5) is 9.97. The van der Waals surface area contributed by atoms with Crippen LogP contribution >= 0.6 is 0 Å². The van der Waals surface area contributed by atoms with Gasteiger partial charge in [-0.3, -0.25) is 0 Å². The highest BCUT2D eigenvalue weighted by Gasteiger charge is 2.45. The van der Waals surface area contributed by atoms with E-state index in [2.05, 4.69) is 117 Å². The van der Waals surface area contributed by atoms with E-state index in [1.165, 1.54) is 44.5 Å². The number of hydrogen-bond acceptors (Lipinski definition) is 3. The Morgan fingerprint density at radius 1 is 0.587 bits per heavy atom. The van der Waals surface area contributed by atoms with Crippen molar-refractivity contribution in [1.29, 1.82) is 0 Å². The van der Waals surface area contributed by atoms with E-state index in [0.29, 0.717) is 0 Å². The largest absolute Gasteiger partial charge is 0.485 e. The number of nitrogens with zero attached hydrogens (tertiary/aromatic N) is 2. The van der Waals surface area contributed by atoms with Crippen molar-refractivity contribution in [2.75, 3.05) is 0 Å². The summed E-state index contributed by atoms with van der Waals surface area (Å²) in [5, 5.41) is 0. The van der Waals surface area contributed by atoms with E-state index in [1.54, 1.807) is 0 Å². The molecule has 1 aromatic heterocycles. The standard InChI is InChI=1S/C43H32N2O/c1-43(2)35-23-21-31(25-34(35)32-22-24-39-40(41(32)43)33-15-9-10-16-38(33)46-39)27-17-19-29(20-18-27)37-26-36(28-11-5-3-6-12-28)44-42(45-37)30-13-7-4-8-14-30/h3-23,25-26,39H,24H2,1-2H3. The summed E-state index contributed by atoms with van der Waals surface area (Å²) in [7, 11) is 0. The Morgan fingerprint density at radius 2 is 1.20 bits per heavy atom. The maximum absolute atomic E-state index is 6.41. The van der Waals surface area contributed by atoms with Crippen LogP contribution in [0, 0.1) is 0 Å². The second kappa shape index (κ2) is 10.3. The predicted molar refractivity (Wildman–Crippen MR) is 187 cm³/mol. The number of rotatable bonds is 4. The number of para-hydroxylation sites is 1. The predicted octanol–water partition coefficient (Wildman–Crippen LogP) is 10.4. The van der Waals surface area contributed by atoms with Gasteiger partial charge < -0.3 is 4.74 Å². The van der Waals surface area contributed by atoms with Crippen molar-refractivity contribution in [2.45, 2.75) is 31.8 Å². The first-order valence-corrected chi connectivity index (χ1v) is 16.0. The van der Waals surface area contributed by atoms with Crippen molar-refractivity contribution < 1.29 is 4.74 Å². The fourth-order valence-corrected chi connectivity index (χ4v) is 7.56. The van der Waals surface area contributed by atoms with E-state index in [4.69, 9.17) is 14.7 Å². The van der Waals surface area contributed by atoms with Crippen LogP contribution in [0.4, 0.5) is 0 Å². The third-order valence-corrected chi connectivity index (χ3v) is 9.79. The monoisotopic (exact) mass is 592 g/mol. The second-order valence-electron chi connectivity index (χ2n) is 12.9. The van der Waals surface area contributed by atoms with Gasteiger partial charge in [0.05, 0.1) is 11.4 Å². The average Bonchev–Trinajstić information content (AvgIpc) is 3.60. The van der Waals surface area contributed by atoms with Crippen LogP contribution in [0.3, 0.4) is 0 Å². The minimum Gasteiger partial charge on any atom is -0.485 e. The van der Waals surface area contributed by atoms with Gasteiger partial charge in [0.2, 0.25) is 0 Å². The number of hydrogen-bond donors (Lipinski definition) is 0. The highest BCUT2D eigenvalue weighted by molar-refractivity contribution is 6.02. The van der Waals surface area contributed by atoms with Gasteiger partial charge in [0, 0.05) is 39.7 Å². The lowest BCUT2D eigenvalue weighted by atomic mass is 9.75. The molecule has 3 nitrogen and oxygen atoms in total. The van der Waals surface area contributed by atoms with Gasteiger partial charge in [-0.15, -0.1) is 0 Å². The van der Waals surface area contributed by atoms with E-state index in [1.807, 2.05) is 36.4 Å². The van der Waals surface area contributed by atoms with Crippen LogP contribution in [0.15, 0.2) is 145 Å². The lowest BCUT2D eigenvalue weighted by molar-refractivity contribution is 0.278. The van der Waals surface area contributed by atoms with Crippen molar-refractivity contribution in [2.24, 2.45) is 0 Å². The van der Waals surface area contributed by atoms with Gasteiger partial charge in [-0.1, -0.05) is 135 Å². The van der Waals surface area contributed by atoms with Crippen molar-refractivity contribution in [3.05, 3.63) is 162 Å². The molecule has 3 aliphatic rings. The number of aromatic nitrogens is 2. The Morgan fingerprint density at radius 3 is 1.93 bits per heavy atom. The minimum absolute atomic E-state index is 0.0989. The molecule has 0 saturated carbocycles. The molecule has 1 aliphatic heterocycles. The van der Waals surface area contributed by atoms with Crippen molar-refractivity contribution in [3.8, 4) is 50.8 Å². The molecule has 0 fully saturated rings. The van der Waals surface area contributed by atoms with Crippen LogP contribution in [0.5, 0.6) is 5.75 Å². The third kappa shape index (κ3) is 4.19. The first-order valence-electron chi connectivity index (χ1n) is 16.0. The number of fused-ring (bicyclic) bond motifs is 6. The van der Waals surface area contributed by atoms with Crippen LogP contribution in [0.25, 0.3) is 56.2 Å². The summed E-state index contributed by atoms with van der Waals surface area (Å²) in [5.74, 6) is 1.73. The van der Waals surface area contributed by atoms with E-state index in [9.17, 15) is 0 Å². The van der Waals surface area contributed by atoms with Crippen molar-refractivity contribution in [1.82, 2.24) is 9.97 Å². The van der Waals surface area contributed by atoms with Gasteiger partial charge in [-0.05, 0) is 51.6 Å². The average molecular weight is 593 g/mol. The smallest absolute Gasteiger partial charge is 0.160 e. The fraction of sp³-hybridized carbons (Fsp3) is 0.116. The fourth-order valence-electron chi connectivity index (χ4n) is 7.56. The molecule has 1 unspecified atom stereocenters. The van der Waals surface area contributed by atoms with Crippen molar-refractivity contribution in [3.63, 3.8) is 0 Å². The molecule has 0 bridgehead atoms. The normalized spacial score (nSPS) is 17.0. The first kappa shape index (κ1) is 26.8. The van der Waals surface area contributed by atoms with E-state index in [-0.39, 0.29) is 11.5 Å². The maximum Gasteiger partial charge on any atom is 0.160 e. The first-order chi connectivity index (χ1) is 22.5. The Kier molecular flexibility index (Phi) is 5.98. The summed E-state index contributed by atoms with van der Waals surface area (Å²) >= 11 is 0. The Labute approximate surface area is 269 Å². The van der Waals surface area contributed by atoms with E-state index < -0.39 is 0 Å². The molecule has 46 heavy (non-hydrogen) atoms. The zero-order valence-electron chi connectivity index (χ0n) is 25.9. The van der Waals surface area contributed by atoms with Gasteiger partial charge in [-0.25, -0.2) is 9.97 Å². The van der Waals surface area contributed by atoms with Gasteiger partial charge in [0.1, 0.15) is 11.9 Å². The van der Waals surface area contributed by atoms with Gasteiger partial charge >= 0.3 is 0 Å².